The number of rotatable bonds is 8. The minimum Gasteiger partial charge on any atom is -0.326 e. The third-order valence-corrected chi connectivity index (χ3v) is 8.33. The lowest BCUT2D eigenvalue weighted by Crippen LogP contribution is -2.32. The van der Waals surface area contributed by atoms with Crippen molar-refractivity contribution in [1.29, 1.82) is 0 Å². The second-order valence-corrected chi connectivity index (χ2v) is 11.2. The average Bonchev–Trinajstić information content (AvgIpc) is 2.75. The summed E-state index contributed by atoms with van der Waals surface area (Å²) in [5.41, 5.74) is 0.779. The molecule has 0 spiro atoms. The number of anilines is 1. The summed E-state index contributed by atoms with van der Waals surface area (Å²) in [4.78, 5) is 15.0. The number of hydrogen-bond acceptors (Lipinski definition) is 6. The van der Waals surface area contributed by atoms with E-state index in [0.717, 1.165) is 0 Å². The number of pyridine rings is 1. The number of nitrogens with one attached hydrogen (secondary N) is 2. The highest BCUT2D eigenvalue weighted by Gasteiger charge is 2.31. The maximum atomic E-state index is 13.3. The van der Waals surface area contributed by atoms with Gasteiger partial charge < -0.3 is 5.32 Å². The molecule has 0 saturated carbocycles. The van der Waals surface area contributed by atoms with Gasteiger partial charge in [0.15, 0.2) is 9.84 Å². The zero-order chi connectivity index (χ0) is 23.4. The minimum absolute atomic E-state index is 0.00890. The third kappa shape index (κ3) is 5.71. The molecule has 1 atom stereocenters. The second kappa shape index (κ2) is 9.78. The van der Waals surface area contributed by atoms with Crippen LogP contribution in [0.3, 0.4) is 0 Å². The fourth-order valence-corrected chi connectivity index (χ4v) is 5.87. The van der Waals surface area contributed by atoms with Gasteiger partial charge in [-0.25, -0.2) is 21.6 Å². The average molecular weight is 494 g/mol. The molecule has 32 heavy (non-hydrogen) atoms. The molecule has 168 valence electrons. The predicted octanol–water partition coefficient (Wildman–Crippen LogP) is 3.19. The van der Waals surface area contributed by atoms with Crippen LogP contribution in [0.4, 0.5) is 5.69 Å². The molecule has 2 aromatic carbocycles. The monoisotopic (exact) mass is 493 g/mol. The quantitative estimate of drug-likeness (QED) is 0.497. The number of carbonyl (C=O) groups is 1. The lowest BCUT2D eigenvalue weighted by Gasteiger charge is -2.19. The smallest absolute Gasteiger partial charge is 0.240 e. The Morgan fingerprint density at radius 3 is 2.16 bits per heavy atom. The molecule has 0 bridgehead atoms. The molecular weight excluding hydrogens is 474 g/mol. The Morgan fingerprint density at radius 2 is 1.59 bits per heavy atom. The molecule has 3 aromatic rings. The topological polar surface area (TPSA) is 122 Å². The summed E-state index contributed by atoms with van der Waals surface area (Å²) in [6.45, 7) is 0.929. The Bertz CT molecular complexity index is 1300. The Morgan fingerprint density at radius 1 is 0.969 bits per heavy atom. The van der Waals surface area contributed by atoms with E-state index < -0.39 is 31.7 Å². The molecule has 1 heterocycles. The van der Waals surface area contributed by atoms with Gasteiger partial charge in [-0.2, -0.15) is 0 Å². The van der Waals surface area contributed by atoms with E-state index in [9.17, 15) is 21.6 Å². The number of aromatic nitrogens is 1. The van der Waals surface area contributed by atoms with Crippen LogP contribution in [0, 0.1) is 0 Å². The Balaban J connectivity index is 1.89. The molecule has 2 N–H and O–H groups in total. The van der Waals surface area contributed by atoms with E-state index in [2.05, 4.69) is 15.0 Å². The van der Waals surface area contributed by atoms with Crippen LogP contribution >= 0.6 is 11.6 Å². The van der Waals surface area contributed by atoms with Crippen molar-refractivity contribution in [3.05, 3.63) is 83.6 Å². The summed E-state index contributed by atoms with van der Waals surface area (Å²) in [5.74, 6) is -0.287. The highest BCUT2D eigenvalue weighted by molar-refractivity contribution is 7.92. The van der Waals surface area contributed by atoms with Crippen molar-refractivity contribution in [1.82, 2.24) is 9.71 Å². The molecule has 0 aliphatic carbocycles. The lowest BCUT2D eigenvalue weighted by atomic mass is 10.2. The highest BCUT2D eigenvalue weighted by Crippen LogP contribution is 2.29. The normalized spacial score (nSPS) is 12.8. The van der Waals surface area contributed by atoms with Crippen molar-refractivity contribution in [2.24, 2.45) is 0 Å². The van der Waals surface area contributed by atoms with Crippen LogP contribution in [0.2, 0.25) is 5.02 Å². The van der Waals surface area contributed by atoms with Crippen LogP contribution in [0.1, 0.15) is 17.7 Å². The number of sulfonamides is 1. The molecule has 0 fully saturated rings. The van der Waals surface area contributed by atoms with Gasteiger partial charge in [-0.15, -0.1) is 0 Å². The van der Waals surface area contributed by atoms with Gasteiger partial charge in [0.05, 0.1) is 9.79 Å². The minimum atomic E-state index is -4.03. The first-order valence-corrected chi connectivity index (χ1v) is 12.8. The zero-order valence-corrected chi connectivity index (χ0v) is 19.3. The molecule has 0 saturated heterocycles. The first-order chi connectivity index (χ1) is 15.1. The van der Waals surface area contributed by atoms with Crippen molar-refractivity contribution >= 4 is 43.1 Å². The number of carbonyl (C=O) groups excluding carboxylic acids is 1. The van der Waals surface area contributed by atoms with E-state index in [1.165, 1.54) is 67.8 Å². The fraction of sp³-hybridized carbons (Fsp3) is 0.143. The predicted molar refractivity (Wildman–Crippen MR) is 122 cm³/mol. The van der Waals surface area contributed by atoms with E-state index >= 15 is 0 Å². The standard InChI is InChI=1S/C21H20ClN3O5S2/c1-15(26)25-18-6-10-20(11-7-18)32(29,30)24-14-21(16-3-2-12-23-13-16)31(27,28)19-8-4-17(22)5-9-19/h2-13,21,24H,14H2,1H3,(H,25,26)/t21-/m0/s1. The first-order valence-electron chi connectivity index (χ1n) is 9.36. The largest absolute Gasteiger partial charge is 0.326 e. The first kappa shape index (κ1) is 23.9. The molecule has 8 nitrogen and oxygen atoms in total. The Kier molecular flexibility index (Phi) is 7.29. The van der Waals surface area contributed by atoms with E-state index in [1.54, 1.807) is 12.1 Å². The Hall–Kier alpha value is -2.79. The SMILES string of the molecule is CC(=O)Nc1ccc(S(=O)(=O)NC[C@@H](c2cccnc2)S(=O)(=O)c2ccc(Cl)cc2)cc1. The van der Waals surface area contributed by atoms with Gasteiger partial charge in [-0.1, -0.05) is 17.7 Å². The van der Waals surface area contributed by atoms with Gasteiger partial charge in [0, 0.05) is 36.6 Å². The highest BCUT2D eigenvalue weighted by atomic mass is 35.5. The summed E-state index contributed by atoms with van der Waals surface area (Å²) >= 11 is 5.87. The molecule has 3 rings (SSSR count). The number of benzene rings is 2. The van der Waals surface area contributed by atoms with Crippen LogP contribution in [0.25, 0.3) is 0 Å². The van der Waals surface area contributed by atoms with E-state index in [1.807, 2.05) is 0 Å². The van der Waals surface area contributed by atoms with Crippen LogP contribution < -0.4 is 10.0 Å². The van der Waals surface area contributed by atoms with Gasteiger partial charge in [0.2, 0.25) is 15.9 Å². The summed E-state index contributed by atoms with van der Waals surface area (Å²) in [6, 6.07) is 14.3. The van der Waals surface area contributed by atoms with Crippen LogP contribution in [0.5, 0.6) is 0 Å². The zero-order valence-electron chi connectivity index (χ0n) is 16.9. The van der Waals surface area contributed by atoms with Crippen molar-refractivity contribution in [2.45, 2.75) is 22.0 Å². The van der Waals surface area contributed by atoms with Gasteiger partial charge >= 0.3 is 0 Å². The van der Waals surface area contributed by atoms with Gasteiger partial charge in [-0.05, 0) is 60.2 Å². The van der Waals surface area contributed by atoms with Crippen molar-refractivity contribution in [3.63, 3.8) is 0 Å². The maximum absolute atomic E-state index is 13.3. The summed E-state index contributed by atoms with van der Waals surface area (Å²) < 4.78 is 54.5. The van der Waals surface area contributed by atoms with E-state index in [-0.39, 0.29) is 15.7 Å². The number of halogens is 1. The molecule has 11 heteroatoms. The van der Waals surface area contributed by atoms with Crippen molar-refractivity contribution < 1.29 is 21.6 Å². The maximum Gasteiger partial charge on any atom is 0.240 e. The van der Waals surface area contributed by atoms with Crippen LogP contribution in [-0.4, -0.2) is 34.3 Å². The Labute approximate surface area is 191 Å². The van der Waals surface area contributed by atoms with Crippen LogP contribution in [-0.2, 0) is 24.7 Å². The molecular formula is C21H20ClN3O5S2. The van der Waals surface area contributed by atoms with E-state index in [4.69, 9.17) is 11.6 Å². The molecule has 0 radical (unpaired) electrons. The van der Waals surface area contributed by atoms with Gasteiger partial charge in [0.25, 0.3) is 0 Å². The summed E-state index contributed by atoms with van der Waals surface area (Å²) in [6.07, 6.45) is 2.88. The third-order valence-electron chi connectivity index (χ3n) is 4.52. The number of amides is 1. The molecule has 0 unspecified atom stereocenters. The van der Waals surface area contributed by atoms with E-state index in [0.29, 0.717) is 16.3 Å². The number of sulfone groups is 1. The second-order valence-electron chi connectivity index (χ2n) is 6.83. The van der Waals surface area contributed by atoms with Crippen molar-refractivity contribution in [2.75, 3.05) is 11.9 Å². The number of hydrogen-bond donors (Lipinski definition) is 2. The summed E-state index contributed by atoms with van der Waals surface area (Å²) in [5, 5.41) is 1.71. The van der Waals surface area contributed by atoms with Crippen LogP contribution in [0.15, 0.2) is 82.8 Å². The molecule has 1 amide bonds. The fourth-order valence-electron chi connectivity index (χ4n) is 2.95. The summed E-state index contributed by atoms with van der Waals surface area (Å²) in [7, 11) is -8.00. The number of nitrogens with zero attached hydrogens (tertiary/aromatic N) is 1. The lowest BCUT2D eigenvalue weighted by molar-refractivity contribution is -0.114. The molecule has 1 aromatic heterocycles. The molecule has 0 aliphatic heterocycles. The van der Waals surface area contributed by atoms with Crippen molar-refractivity contribution in [3.8, 4) is 0 Å². The molecule has 0 aliphatic rings. The van der Waals surface area contributed by atoms with Gasteiger partial charge in [-0.3, -0.25) is 9.78 Å². The van der Waals surface area contributed by atoms with Gasteiger partial charge in [0.1, 0.15) is 5.25 Å².